The number of rotatable bonds is 21. The molecule has 1 N–H and O–H groups in total. The summed E-state index contributed by atoms with van der Waals surface area (Å²) in [5, 5.41) is 9.07. The van der Waals surface area contributed by atoms with E-state index < -0.39 is 12.1 Å². The van der Waals surface area contributed by atoms with Crippen LogP contribution in [0.2, 0.25) is 0 Å². The Hall–Kier alpha value is -1.32. The highest BCUT2D eigenvalue weighted by Gasteiger charge is 2.17. The van der Waals surface area contributed by atoms with Crippen LogP contribution >= 0.6 is 0 Å². The molecule has 0 saturated carbocycles. The maximum Gasteiger partial charge on any atom is 0.307 e. The number of hydrogen-bond acceptors (Lipinski definition) is 3. The molecule has 0 heterocycles. The highest BCUT2D eigenvalue weighted by molar-refractivity contribution is 5.71. The summed E-state index contributed by atoms with van der Waals surface area (Å²) in [6.07, 6.45) is 22.3. The summed E-state index contributed by atoms with van der Waals surface area (Å²) >= 11 is 0. The molecule has 0 aliphatic rings. The molecule has 0 aliphatic carbocycles. The fraction of sp³-hybridized carbons (Fsp3) is 0.840. The zero-order valence-corrected chi connectivity index (χ0v) is 19.1. The van der Waals surface area contributed by atoms with E-state index in [2.05, 4.69) is 26.0 Å². The second-order valence-electron chi connectivity index (χ2n) is 8.19. The first kappa shape index (κ1) is 27.7. The highest BCUT2D eigenvalue weighted by atomic mass is 16.5. The van der Waals surface area contributed by atoms with Crippen LogP contribution < -0.4 is 0 Å². The van der Waals surface area contributed by atoms with E-state index in [0.717, 1.165) is 32.1 Å². The highest BCUT2D eigenvalue weighted by Crippen LogP contribution is 2.15. The smallest absolute Gasteiger partial charge is 0.307 e. The van der Waals surface area contributed by atoms with Crippen molar-refractivity contribution in [2.45, 2.75) is 136 Å². The number of esters is 1. The van der Waals surface area contributed by atoms with Gasteiger partial charge in [-0.05, 0) is 38.5 Å². The van der Waals surface area contributed by atoms with E-state index in [1.54, 1.807) is 0 Å². The lowest BCUT2D eigenvalue weighted by Gasteiger charge is -2.16. The van der Waals surface area contributed by atoms with Gasteiger partial charge in [-0.1, -0.05) is 90.2 Å². The fourth-order valence-corrected chi connectivity index (χ4v) is 3.44. The number of carbonyl (C=O) groups is 2. The molecule has 4 nitrogen and oxygen atoms in total. The zero-order chi connectivity index (χ0) is 21.6. The summed E-state index contributed by atoms with van der Waals surface area (Å²) in [4.78, 5) is 23.1. The lowest BCUT2D eigenvalue weighted by molar-refractivity contribution is -0.153. The third-order valence-electron chi connectivity index (χ3n) is 5.22. The number of carbonyl (C=O) groups excluding carboxylic acids is 1. The predicted molar refractivity (Wildman–Crippen MR) is 121 cm³/mol. The van der Waals surface area contributed by atoms with Gasteiger partial charge in [0.1, 0.15) is 6.10 Å². The monoisotopic (exact) mass is 410 g/mol. The van der Waals surface area contributed by atoms with Crippen molar-refractivity contribution in [2.24, 2.45) is 0 Å². The van der Waals surface area contributed by atoms with Crippen molar-refractivity contribution in [3.8, 4) is 0 Å². The third-order valence-corrected chi connectivity index (χ3v) is 5.22. The molecule has 0 aliphatic heterocycles. The van der Waals surface area contributed by atoms with Crippen LogP contribution in [0, 0.1) is 0 Å². The molecule has 0 spiro atoms. The second-order valence-corrected chi connectivity index (χ2v) is 8.19. The molecule has 0 saturated heterocycles. The van der Waals surface area contributed by atoms with E-state index in [4.69, 9.17) is 9.84 Å². The predicted octanol–water partition coefficient (Wildman–Crippen LogP) is 7.60. The SMILES string of the molecule is CCCCCC/C=C\CCCC(=O)OC(CCCCCCCCCC)CC(=O)O. The Labute approximate surface area is 179 Å². The first-order chi connectivity index (χ1) is 14.1. The zero-order valence-electron chi connectivity index (χ0n) is 19.1. The summed E-state index contributed by atoms with van der Waals surface area (Å²) in [5.41, 5.74) is 0. The molecule has 0 aromatic carbocycles. The minimum Gasteiger partial charge on any atom is -0.481 e. The van der Waals surface area contributed by atoms with Crippen molar-refractivity contribution in [2.75, 3.05) is 0 Å². The molecule has 170 valence electrons. The molecule has 0 aromatic heterocycles. The Kier molecular flexibility index (Phi) is 20.4. The number of carboxylic acid groups (broad SMARTS) is 1. The molecular weight excluding hydrogens is 364 g/mol. The van der Waals surface area contributed by atoms with Crippen molar-refractivity contribution in [1.29, 1.82) is 0 Å². The van der Waals surface area contributed by atoms with Crippen LogP contribution in [0.1, 0.15) is 129 Å². The van der Waals surface area contributed by atoms with Crippen LogP contribution in [-0.4, -0.2) is 23.1 Å². The Bertz CT molecular complexity index is 417. The fourth-order valence-electron chi connectivity index (χ4n) is 3.44. The number of ether oxygens (including phenoxy) is 1. The van der Waals surface area contributed by atoms with Crippen molar-refractivity contribution in [3.05, 3.63) is 12.2 Å². The molecule has 1 atom stereocenters. The van der Waals surface area contributed by atoms with Gasteiger partial charge in [0.15, 0.2) is 0 Å². The van der Waals surface area contributed by atoms with Crippen molar-refractivity contribution >= 4 is 11.9 Å². The van der Waals surface area contributed by atoms with Gasteiger partial charge in [0.2, 0.25) is 0 Å². The molecule has 29 heavy (non-hydrogen) atoms. The standard InChI is InChI=1S/C25H46O4/c1-3-5-7-9-11-13-15-17-19-21-25(28)29-23(22-24(26)27)20-18-16-14-12-10-8-6-4-2/h13,15,23H,3-12,14,16-22H2,1-2H3,(H,26,27)/b15-13-. The van der Waals surface area contributed by atoms with Gasteiger partial charge < -0.3 is 9.84 Å². The van der Waals surface area contributed by atoms with Crippen LogP contribution in [0.4, 0.5) is 0 Å². The molecule has 0 radical (unpaired) electrons. The van der Waals surface area contributed by atoms with Crippen molar-refractivity contribution in [3.63, 3.8) is 0 Å². The van der Waals surface area contributed by atoms with Gasteiger partial charge in [-0.3, -0.25) is 9.59 Å². The maximum atomic E-state index is 12.0. The van der Waals surface area contributed by atoms with E-state index in [1.807, 2.05) is 0 Å². The Morgan fingerprint density at radius 3 is 1.86 bits per heavy atom. The van der Waals surface area contributed by atoms with Crippen LogP contribution in [0.3, 0.4) is 0 Å². The Morgan fingerprint density at radius 1 is 0.759 bits per heavy atom. The maximum absolute atomic E-state index is 12.0. The molecule has 0 bridgehead atoms. The molecule has 0 amide bonds. The van der Waals surface area contributed by atoms with Gasteiger partial charge in [-0.2, -0.15) is 0 Å². The summed E-state index contributed by atoms with van der Waals surface area (Å²) in [7, 11) is 0. The summed E-state index contributed by atoms with van der Waals surface area (Å²) in [6.45, 7) is 4.43. The van der Waals surface area contributed by atoms with Gasteiger partial charge in [-0.15, -0.1) is 0 Å². The number of allylic oxidation sites excluding steroid dienone is 2. The Balaban J connectivity index is 3.85. The number of aliphatic carboxylic acids is 1. The van der Waals surface area contributed by atoms with Gasteiger partial charge in [0, 0.05) is 6.42 Å². The van der Waals surface area contributed by atoms with Crippen LogP contribution in [0.15, 0.2) is 12.2 Å². The van der Waals surface area contributed by atoms with E-state index in [9.17, 15) is 9.59 Å². The lowest BCUT2D eigenvalue weighted by atomic mass is 10.0. The van der Waals surface area contributed by atoms with Gasteiger partial charge in [-0.25, -0.2) is 0 Å². The molecule has 0 aromatic rings. The Morgan fingerprint density at radius 2 is 1.28 bits per heavy atom. The number of unbranched alkanes of at least 4 members (excludes halogenated alkanes) is 12. The van der Waals surface area contributed by atoms with Crippen LogP contribution in [-0.2, 0) is 14.3 Å². The van der Waals surface area contributed by atoms with Crippen molar-refractivity contribution < 1.29 is 19.4 Å². The van der Waals surface area contributed by atoms with Gasteiger partial charge in [0.25, 0.3) is 0 Å². The molecule has 4 heteroatoms. The van der Waals surface area contributed by atoms with Crippen LogP contribution in [0.5, 0.6) is 0 Å². The number of carboxylic acids is 1. The summed E-state index contributed by atoms with van der Waals surface area (Å²) in [5.74, 6) is -1.15. The van der Waals surface area contributed by atoms with Crippen LogP contribution in [0.25, 0.3) is 0 Å². The van der Waals surface area contributed by atoms with Gasteiger partial charge >= 0.3 is 11.9 Å². The van der Waals surface area contributed by atoms with Gasteiger partial charge in [0.05, 0.1) is 6.42 Å². The van der Waals surface area contributed by atoms with E-state index >= 15 is 0 Å². The first-order valence-electron chi connectivity index (χ1n) is 12.2. The molecule has 0 fully saturated rings. The third kappa shape index (κ3) is 21.2. The summed E-state index contributed by atoms with van der Waals surface area (Å²) < 4.78 is 5.45. The van der Waals surface area contributed by atoms with E-state index in [-0.39, 0.29) is 12.4 Å². The molecule has 1 unspecified atom stereocenters. The largest absolute Gasteiger partial charge is 0.481 e. The minimum absolute atomic E-state index is 0.0834. The minimum atomic E-state index is -0.895. The average Bonchev–Trinajstić information content (AvgIpc) is 2.68. The topological polar surface area (TPSA) is 63.6 Å². The quantitative estimate of drug-likeness (QED) is 0.120. The van der Waals surface area contributed by atoms with E-state index in [1.165, 1.54) is 64.2 Å². The number of hydrogen-bond donors (Lipinski definition) is 1. The average molecular weight is 411 g/mol. The molecular formula is C25H46O4. The van der Waals surface area contributed by atoms with Crippen molar-refractivity contribution in [1.82, 2.24) is 0 Å². The first-order valence-corrected chi connectivity index (χ1v) is 12.2. The summed E-state index contributed by atoms with van der Waals surface area (Å²) in [6, 6.07) is 0. The normalized spacial score (nSPS) is 12.3. The molecule has 0 rings (SSSR count). The lowest BCUT2D eigenvalue weighted by Crippen LogP contribution is -2.21. The van der Waals surface area contributed by atoms with E-state index in [0.29, 0.717) is 12.8 Å². The second kappa shape index (κ2) is 21.4.